The van der Waals surface area contributed by atoms with Gasteiger partial charge in [0.2, 0.25) is 0 Å². The average Bonchev–Trinajstić information content (AvgIpc) is 2.62. The minimum absolute atomic E-state index is 0.281. The summed E-state index contributed by atoms with van der Waals surface area (Å²) in [6.45, 7) is 2.94. The van der Waals surface area contributed by atoms with Crippen molar-refractivity contribution in [3.63, 3.8) is 0 Å². The van der Waals surface area contributed by atoms with Gasteiger partial charge in [-0.15, -0.1) is 0 Å². The molecule has 5 nitrogen and oxygen atoms in total. The molecule has 0 radical (unpaired) electrons. The van der Waals surface area contributed by atoms with Gasteiger partial charge in [0.1, 0.15) is 12.4 Å². The molecule has 0 aliphatic heterocycles. The quantitative estimate of drug-likeness (QED) is 0.450. The number of thiocarbonyl (C=S) groups is 1. The van der Waals surface area contributed by atoms with Crippen molar-refractivity contribution in [1.82, 2.24) is 10.7 Å². The van der Waals surface area contributed by atoms with Crippen LogP contribution in [0.25, 0.3) is 0 Å². The zero-order valence-corrected chi connectivity index (χ0v) is 14.9. The van der Waals surface area contributed by atoms with E-state index in [9.17, 15) is 4.39 Å². The summed E-state index contributed by atoms with van der Waals surface area (Å²) in [5.41, 5.74) is 4.31. The third-order valence-electron chi connectivity index (χ3n) is 3.23. The van der Waals surface area contributed by atoms with Crippen molar-refractivity contribution in [3.05, 3.63) is 59.4 Å². The van der Waals surface area contributed by atoms with Crippen LogP contribution >= 0.6 is 12.2 Å². The van der Waals surface area contributed by atoms with Gasteiger partial charge in [0.25, 0.3) is 0 Å². The van der Waals surface area contributed by atoms with Gasteiger partial charge >= 0.3 is 0 Å². The lowest BCUT2D eigenvalue weighted by atomic mass is 10.2. The van der Waals surface area contributed by atoms with Crippen LogP contribution in [-0.4, -0.2) is 25.0 Å². The van der Waals surface area contributed by atoms with E-state index in [1.807, 2.05) is 19.1 Å². The number of rotatable bonds is 7. The first-order valence-corrected chi connectivity index (χ1v) is 8.16. The highest BCUT2D eigenvalue weighted by molar-refractivity contribution is 7.80. The normalized spacial score (nSPS) is 10.5. The average molecular weight is 361 g/mol. The van der Waals surface area contributed by atoms with Crippen molar-refractivity contribution in [3.8, 4) is 11.5 Å². The first-order valence-electron chi connectivity index (χ1n) is 7.75. The van der Waals surface area contributed by atoms with Gasteiger partial charge in [0.05, 0.1) is 13.3 Å². The molecule has 0 spiro atoms. The number of halogens is 1. The second-order valence-corrected chi connectivity index (χ2v) is 5.43. The summed E-state index contributed by atoms with van der Waals surface area (Å²) in [4.78, 5) is 0. The smallest absolute Gasteiger partial charge is 0.186 e. The molecule has 2 aromatic rings. The highest BCUT2D eigenvalue weighted by Gasteiger charge is 2.10. The van der Waals surface area contributed by atoms with Crippen molar-refractivity contribution >= 4 is 23.5 Å². The second-order valence-electron chi connectivity index (χ2n) is 5.02. The Kier molecular flexibility index (Phi) is 7.16. The lowest BCUT2D eigenvalue weighted by Gasteiger charge is -2.13. The van der Waals surface area contributed by atoms with Crippen LogP contribution in [0.5, 0.6) is 11.5 Å². The third-order valence-corrected chi connectivity index (χ3v) is 3.47. The van der Waals surface area contributed by atoms with Crippen LogP contribution in [0.4, 0.5) is 4.39 Å². The van der Waals surface area contributed by atoms with E-state index in [0.29, 0.717) is 23.2 Å². The molecule has 0 aromatic heterocycles. The molecule has 25 heavy (non-hydrogen) atoms. The summed E-state index contributed by atoms with van der Waals surface area (Å²) in [6.07, 6.45) is 1.60. The van der Waals surface area contributed by atoms with E-state index in [-0.39, 0.29) is 12.4 Å². The number of nitrogens with zero attached hydrogens (tertiary/aromatic N) is 1. The highest BCUT2D eigenvalue weighted by Crippen LogP contribution is 2.30. The fraction of sp³-hybridized carbons (Fsp3) is 0.222. The van der Waals surface area contributed by atoms with E-state index < -0.39 is 0 Å². The minimum Gasteiger partial charge on any atom is -0.493 e. The fourth-order valence-corrected chi connectivity index (χ4v) is 2.24. The topological polar surface area (TPSA) is 54.9 Å². The van der Waals surface area contributed by atoms with E-state index in [0.717, 1.165) is 11.1 Å². The van der Waals surface area contributed by atoms with Crippen molar-refractivity contribution in [2.75, 3.05) is 13.7 Å². The molecule has 2 N–H and O–H groups in total. The predicted molar refractivity (Wildman–Crippen MR) is 101 cm³/mol. The fourth-order valence-electron chi connectivity index (χ4n) is 2.05. The Morgan fingerprint density at radius 1 is 1.24 bits per heavy atom. The van der Waals surface area contributed by atoms with E-state index in [1.165, 1.54) is 12.1 Å². The number of hydrogen-bond donors (Lipinski definition) is 2. The Bertz CT molecular complexity index is 736. The van der Waals surface area contributed by atoms with Gasteiger partial charge in [-0.2, -0.15) is 5.10 Å². The molecule has 2 rings (SSSR count). The van der Waals surface area contributed by atoms with Crippen molar-refractivity contribution in [2.24, 2.45) is 5.10 Å². The Balaban J connectivity index is 2.13. The highest BCUT2D eigenvalue weighted by atomic mass is 32.1. The number of ether oxygens (including phenoxy) is 2. The number of para-hydroxylation sites is 1. The number of methoxy groups -OCH3 is 1. The van der Waals surface area contributed by atoms with Crippen LogP contribution in [0.15, 0.2) is 47.6 Å². The Morgan fingerprint density at radius 3 is 2.68 bits per heavy atom. The maximum Gasteiger partial charge on any atom is 0.186 e. The van der Waals surface area contributed by atoms with Crippen molar-refractivity contribution in [2.45, 2.75) is 13.5 Å². The summed E-state index contributed by atoms with van der Waals surface area (Å²) in [6, 6.07) is 11.6. The Hall–Kier alpha value is -2.67. The van der Waals surface area contributed by atoms with Gasteiger partial charge in [-0.25, -0.2) is 4.39 Å². The van der Waals surface area contributed by atoms with E-state index in [4.69, 9.17) is 21.7 Å². The van der Waals surface area contributed by atoms with Crippen LogP contribution in [0.2, 0.25) is 0 Å². The van der Waals surface area contributed by atoms with Crippen LogP contribution in [0.1, 0.15) is 18.1 Å². The van der Waals surface area contributed by atoms with Gasteiger partial charge in [-0.3, -0.25) is 5.43 Å². The van der Waals surface area contributed by atoms with E-state index in [1.54, 1.807) is 31.5 Å². The Morgan fingerprint density at radius 2 is 2.00 bits per heavy atom. The Labute approximate surface area is 151 Å². The minimum atomic E-state index is -0.281. The second kappa shape index (κ2) is 9.58. The molecule has 0 saturated heterocycles. The van der Waals surface area contributed by atoms with Gasteiger partial charge in [0.15, 0.2) is 16.6 Å². The molecule has 132 valence electrons. The molecular formula is C18H20FN3O2S. The molecule has 0 aliphatic carbocycles. The van der Waals surface area contributed by atoms with Crippen LogP contribution in [0, 0.1) is 5.82 Å². The van der Waals surface area contributed by atoms with E-state index >= 15 is 0 Å². The van der Waals surface area contributed by atoms with Crippen LogP contribution in [-0.2, 0) is 6.61 Å². The van der Waals surface area contributed by atoms with Crippen molar-refractivity contribution in [1.29, 1.82) is 0 Å². The molecule has 0 atom stereocenters. The zero-order chi connectivity index (χ0) is 18.1. The third kappa shape index (κ3) is 5.72. The van der Waals surface area contributed by atoms with E-state index in [2.05, 4.69) is 15.8 Å². The van der Waals surface area contributed by atoms with Gasteiger partial charge in [-0.1, -0.05) is 18.2 Å². The molecule has 0 fully saturated rings. The standard InChI is InChI=1S/C18H20FN3O2S/c1-3-20-18(25)22-21-11-14-5-4-6-16(23-2)17(14)24-12-13-7-9-15(19)10-8-13/h4-11H,3,12H2,1-2H3,(H2,20,22,25). The number of nitrogens with one attached hydrogen (secondary N) is 2. The maximum absolute atomic E-state index is 13.0. The largest absolute Gasteiger partial charge is 0.493 e. The lowest BCUT2D eigenvalue weighted by molar-refractivity contribution is 0.284. The summed E-state index contributed by atoms with van der Waals surface area (Å²) >= 11 is 5.05. The predicted octanol–water partition coefficient (Wildman–Crippen LogP) is 3.23. The summed E-state index contributed by atoms with van der Waals surface area (Å²) < 4.78 is 24.2. The summed E-state index contributed by atoms with van der Waals surface area (Å²) in [5, 5.41) is 7.48. The summed E-state index contributed by atoms with van der Waals surface area (Å²) in [5.74, 6) is 0.853. The monoisotopic (exact) mass is 361 g/mol. The van der Waals surface area contributed by atoms with Gasteiger partial charge in [0, 0.05) is 12.1 Å². The zero-order valence-electron chi connectivity index (χ0n) is 14.1. The molecule has 0 bridgehead atoms. The molecule has 0 heterocycles. The molecule has 0 unspecified atom stereocenters. The maximum atomic E-state index is 13.0. The SMILES string of the molecule is CCNC(=S)NN=Cc1cccc(OC)c1OCc1ccc(F)cc1. The number of hydrazone groups is 1. The molecule has 0 aliphatic rings. The van der Waals surface area contributed by atoms with Gasteiger partial charge in [-0.05, 0) is 49.0 Å². The molecule has 0 saturated carbocycles. The molecule has 7 heteroatoms. The number of benzene rings is 2. The first kappa shape index (κ1) is 18.7. The lowest BCUT2D eigenvalue weighted by Crippen LogP contribution is -2.31. The molecule has 2 aromatic carbocycles. The van der Waals surface area contributed by atoms with Gasteiger partial charge < -0.3 is 14.8 Å². The number of hydrogen-bond acceptors (Lipinski definition) is 4. The van der Waals surface area contributed by atoms with Crippen molar-refractivity contribution < 1.29 is 13.9 Å². The molecule has 0 amide bonds. The first-order chi connectivity index (χ1) is 12.1. The van der Waals surface area contributed by atoms with Crippen LogP contribution in [0.3, 0.4) is 0 Å². The van der Waals surface area contributed by atoms with Crippen LogP contribution < -0.4 is 20.2 Å². The molecular weight excluding hydrogens is 341 g/mol. The summed E-state index contributed by atoms with van der Waals surface area (Å²) in [7, 11) is 1.57.